The summed E-state index contributed by atoms with van der Waals surface area (Å²) in [4.78, 5) is 82.4. The van der Waals surface area contributed by atoms with E-state index in [-0.39, 0.29) is 67.2 Å². The molecule has 3 aliphatic rings. The molecule has 4 N–H and O–H groups in total. The van der Waals surface area contributed by atoms with Crippen molar-refractivity contribution in [2.24, 2.45) is 5.92 Å². The number of aliphatic hydroxyl groups excluding tert-OH is 1. The summed E-state index contributed by atoms with van der Waals surface area (Å²) in [6.45, 7) is 18.3. The lowest BCUT2D eigenvalue weighted by Crippen LogP contribution is -2.55. The first-order valence-electron chi connectivity index (χ1n) is 29.2. The number of carbonyl (C=O) groups is 4. The van der Waals surface area contributed by atoms with Crippen LogP contribution in [-0.2, 0) is 38.7 Å². The van der Waals surface area contributed by atoms with Crippen molar-refractivity contribution in [3.63, 3.8) is 0 Å². The van der Waals surface area contributed by atoms with Crippen molar-refractivity contribution in [2.75, 3.05) is 57.6 Å². The highest BCUT2D eigenvalue weighted by atomic mass is 32.1. The van der Waals surface area contributed by atoms with E-state index >= 15 is 0 Å². The Bertz CT molecular complexity index is 3320. The number of likely N-dealkylation sites (tertiary alicyclic amines) is 1. The van der Waals surface area contributed by atoms with Gasteiger partial charge in [-0.2, -0.15) is 0 Å². The number of ether oxygens (including phenoxy) is 4. The zero-order chi connectivity index (χ0) is 58.7. The van der Waals surface area contributed by atoms with Gasteiger partial charge in [0.15, 0.2) is 0 Å². The Balaban J connectivity index is 0.754. The minimum atomic E-state index is -0.908. The van der Waals surface area contributed by atoms with E-state index in [2.05, 4.69) is 38.5 Å². The van der Waals surface area contributed by atoms with E-state index in [0.717, 1.165) is 98.9 Å². The van der Waals surface area contributed by atoms with Gasteiger partial charge in [-0.15, -0.1) is 11.3 Å². The summed E-state index contributed by atoms with van der Waals surface area (Å²) < 4.78 is 24.3. The number of fused-ring (bicyclic) bond motifs is 1. The van der Waals surface area contributed by atoms with Crippen LogP contribution in [0.1, 0.15) is 119 Å². The second kappa shape index (κ2) is 27.8. The van der Waals surface area contributed by atoms with Gasteiger partial charge in [-0.3, -0.25) is 24.0 Å². The van der Waals surface area contributed by atoms with Crippen molar-refractivity contribution in [3.05, 3.63) is 151 Å². The van der Waals surface area contributed by atoms with Crippen LogP contribution in [0.15, 0.2) is 95.2 Å². The molecule has 6 aromatic rings. The lowest BCUT2D eigenvalue weighted by atomic mass is 9.95. The first kappa shape index (κ1) is 60.2. The predicted molar refractivity (Wildman–Crippen MR) is 322 cm³/mol. The summed E-state index contributed by atoms with van der Waals surface area (Å²) in [7, 11) is 0. The van der Waals surface area contributed by atoms with E-state index in [1.165, 1.54) is 4.90 Å². The third-order valence-corrected chi connectivity index (χ3v) is 17.1. The molecule has 2 unspecified atom stereocenters. The Kier molecular flexibility index (Phi) is 20.2. The first-order valence-corrected chi connectivity index (χ1v) is 30.1. The van der Waals surface area contributed by atoms with Crippen molar-refractivity contribution in [1.29, 1.82) is 0 Å². The molecule has 0 bridgehead atoms. The Hall–Kier alpha value is -7.38. The van der Waals surface area contributed by atoms with Gasteiger partial charge in [0.25, 0.3) is 17.4 Å². The number of hydrogen-bond acceptors (Lipinski definition) is 13. The highest BCUT2D eigenvalue weighted by Crippen LogP contribution is 2.36. The maximum Gasteiger partial charge on any atom is 0.255 e. The number of aromatic amines is 1. The Morgan fingerprint density at radius 3 is 2.31 bits per heavy atom. The summed E-state index contributed by atoms with van der Waals surface area (Å²) >= 11 is 1.54. The number of thiazole rings is 1. The van der Waals surface area contributed by atoms with Crippen molar-refractivity contribution < 1.29 is 43.2 Å². The van der Waals surface area contributed by atoms with Gasteiger partial charge in [0.2, 0.25) is 11.8 Å². The fourth-order valence-corrected chi connectivity index (χ4v) is 12.5. The molecule has 3 aliphatic heterocycles. The van der Waals surface area contributed by atoms with Crippen LogP contribution in [0.3, 0.4) is 0 Å². The third kappa shape index (κ3) is 14.3. The summed E-state index contributed by atoms with van der Waals surface area (Å²) in [5.74, 6) is -0.0601. The average molecular weight is 1150 g/mol. The smallest absolute Gasteiger partial charge is 0.255 e. The normalized spacial score (nSPS) is 16.5. The molecule has 2 fully saturated rings. The number of H-pyrrole nitrogens is 1. The van der Waals surface area contributed by atoms with Crippen LogP contribution in [-0.4, -0.2) is 125 Å². The van der Waals surface area contributed by atoms with Gasteiger partial charge in [-0.05, 0) is 142 Å². The standard InChI is InChI=1S/C65H79N7O10S/c1-8-70(50-22-28-80-29-23-50)56-32-49(31-54(43(56)6)61(74)67-36-55-41(4)30-42(5)69-62(55)75)45-18-20-52(21-19-45)81-27-13-25-79-24-11-12-26-82-58-33-46(60-44(7)68-39-83-60)16-17-47(58)35-66-63(76)57-34-51(73)38-71(57)65(78)59(40(2)3)72-37-48-14-9-10-15-53(48)64(72)77/h9-10,14-21,30-33,39-40,50-51,57,59,73H,8,11-13,22-29,34-38H2,1-7H3,(H,66,76)(H,67,74)(H,69,75)/t51?,57?,59-/m0/s1. The Labute approximate surface area is 490 Å². The molecule has 3 atom stereocenters. The van der Waals surface area contributed by atoms with Crippen LogP contribution in [0.2, 0.25) is 0 Å². The largest absolute Gasteiger partial charge is 0.494 e. The van der Waals surface area contributed by atoms with Crippen LogP contribution >= 0.6 is 11.3 Å². The molecule has 0 saturated carbocycles. The Morgan fingerprint density at radius 2 is 1.59 bits per heavy atom. The number of nitrogens with one attached hydrogen (secondary N) is 3. The van der Waals surface area contributed by atoms with Crippen LogP contribution in [0.4, 0.5) is 5.69 Å². The second-order valence-electron chi connectivity index (χ2n) is 22.3. The molecule has 4 amide bonds. The maximum absolute atomic E-state index is 14.3. The van der Waals surface area contributed by atoms with E-state index < -0.39 is 18.2 Å². The molecular formula is C65H79N7O10S. The topological polar surface area (TPSA) is 205 Å². The van der Waals surface area contributed by atoms with Crippen LogP contribution in [0.25, 0.3) is 21.6 Å². The summed E-state index contributed by atoms with van der Waals surface area (Å²) in [6.07, 6.45) is 3.21. The molecule has 9 rings (SSSR count). The molecule has 2 aromatic heterocycles. The molecule has 83 heavy (non-hydrogen) atoms. The SMILES string of the molecule is CCN(c1cc(-c2ccc(OCCCOCCCCOc3cc(-c4scnc4C)ccc3CNC(=O)C3CC(O)CN3C(=O)[C@H](C(C)C)N3Cc4ccccc4C3=O)cc2)cc(C(=O)NCc2c(C)cc(C)[nH]c2=O)c1C)C1CCOCC1. The summed E-state index contributed by atoms with van der Waals surface area (Å²) in [6, 6.07) is 25.8. The fourth-order valence-electron chi connectivity index (χ4n) is 11.7. The average Bonchev–Trinajstić information content (AvgIpc) is 3.33. The molecule has 0 radical (unpaired) electrons. The number of rotatable bonds is 25. The van der Waals surface area contributed by atoms with E-state index in [0.29, 0.717) is 75.0 Å². The summed E-state index contributed by atoms with van der Waals surface area (Å²) in [5, 5.41) is 16.9. The van der Waals surface area contributed by atoms with Gasteiger partial charge in [0.05, 0.1) is 35.4 Å². The van der Waals surface area contributed by atoms with E-state index in [4.69, 9.17) is 18.9 Å². The minimum Gasteiger partial charge on any atom is -0.494 e. The van der Waals surface area contributed by atoms with Crippen LogP contribution < -0.4 is 30.6 Å². The highest BCUT2D eigenvalue weighted by molar-refractivity contribution is 7.13. The molecular weight excluding hydrogens is 1070 g/mol. The lowest BCUT2D eigenvalue weighted by Gasteiger charge is -2.37. The number of pyridine rings is 1. The van der Waals surface area contributed by atoms with Gasteiger partial charge < -0.3 is 54.4 Å². The zero-order valence-corrected chi connectivity index (χ0v) is 49.7. The second-order valence-corrected chi connectivity index (χ2v) is 23.2. The predicted octanol–water partition coefficient (Wildman–Crippen LogP) is 9.24. The van der Waals surface area contributed by atoms with E-state index in [1.54, 1.807) is 22.3 Å². The fraction of sp³-hybridized carbons (Fsp3) is 0.446. The molecule has 0 spiro atoms. The van der Waals surface area contributed by atoms with Crippen molar-refractivity contribution in [1.82, 2.24) is 30.4 Å². The molecule has 2 saturated heterocycles. The van der Waals surface area contributed by atoms with Gasteiger partial charge in [0.1, 0.15) is 23.6 Å². The highest BCUT2D eigenvalue weighted by Gasteiger charge is 2.46. The molecule has 18 heteroatoms. The number of unbranched alkanes of at least 4 members (excludes halogenated alkanes) is 1. The van der Waals surface area contributed by atoms with Gasteiger partial charge >= 0.3 is 0 Å². The number of aliphatic hydroxyl groups is 1. The number of hydrogen-bond donors (Lipinski definition) is 4. The van der Waals surface area contributed by atoms with Crippen molar-refractivity contribution in [2.45, 2.75) is 131 Å². The number of amides is 4. The zero-order valence-electron chi connectivity index (χ0n) is 48.9. The molecule has 0 aliphatic carbocycles. The quantitative estimate of drug-likeness (QED) is 0.0396. The van der Waals surface area contributed by atoms with Gasteiger partial charge in [-0.25, -0.2) is 4.98 Å². The van der Waals surface area contributed by atoms with Crippen LogP contribution in [0, 0.1) is 33.6 Å². The van der Waals surface area contributed by atoms with Crippen molar-refractivity contribution >= 4 is 40.7 Å². The number of benzene rings is 4. The van der Waals surface area contributed by atoms with Crippen LogP contribution in [0.5, 0.6) is 11.5 Å². The Morgan fingerprint density at radius 1 is 0.855 bits per heavy atom. The molecule has 440 valence electrons. The van der Waals surface area contributed by atoms with E-state index in [9.17, 15) is 29.1 Å². The van der Waals surface area contributed by atoms with Gasteiger partial charge in [-0.1, -0.05) is 56.3 Å². The number of β-amino-alcohol motifs (C(OH)–C–C–N with tert-alkyl or cyclic N) is 1. The number of aryl methyl sites for hydroxylation is 3. The van der Waals surface area contributed by atoms with Gasteiger partial charge in [0, 0.05) is 112 Å². The third-order valence-electron chi connectivity index (χ3n) is 16.1. The number of carbonyl (C=O) groups excluding carboxylic acids is 4. The number of aromatic nitrogens is 2. The minimum absolute atomic E-state index is 0.000997. The lowest BCUT2D eigenvalue weighted by molar-refractivity contribution is -0.143. The molecule has 17 nitrogen and oxygen atoms in total. The number of nitrogens with zero attached hydrogens (tertiary/aromatic N) is 4. The van der Waals surface area contributed by atoms with E-state index in [1.807, 2.05) is 120 Å². The maximum atomic E-state index is 14.3. The van der Waals surface area contributed by atoms with Crippen molar-refractivity contribution in [3.8, 4) is 33.1 Å². The summed E-state index contributed by atoms with van der Waals surface area (Å²) in [5.41, 5.74) is 12.1. The first-order chi connectivity index (χ1) is 40.1. The monoisotopic (exact) mass is 1150 g/mol. The molecule has 4 aromatic carbocycles. The molecule has 5 heterocycles. The number of anilines is 1.